The van der Waals surface area contributed by atoms with Crippen molar-refractivity contribution in [2.24, 2.45) is 5.41 Å². The van der Waals surface area contributed by atoms with Crippen LogP contribution in [0.5, 0.6) is 5.75 Å². The summed E-state index contributed by atoms with van der Waals surface area (Å²) < 4.78 is 5.44. The first-order valence-electron chi connectivity index (χ1n) is 11.4. The maximum atomic E-state index is 13.3. The van der Waals surface area contributed by atoms with E-state index < -0.39 is 0 Å². The molecule has 5 rings (SSSR count). The summed E-state index contributed by atoms with van der Waals surface area (Å²) >= 11 is 1.69. The highest BCUT2D eigenvalue weighted by Gasteiger charge is 2.43. The van der Waals surface area contributed by atoms with E-state index in [2.05, 4.69) is 25.8 Å². The average molecular weight is 464 g/mol. The molecular weight excluding hydrogens is 434 g/mol. The minimum absolute atomic E-state index is 0.0132. The number of hydrogen-bond donors (Lipinski definition) is 0. The number of Topliss-reactive ketones (excluding diaryl/α,β-unsaturated/α-hetero) is 1. The van der Waals surface area contributed by atoms with Crippen LogP contribution in [-0.2, 0) is 11.8 Å². The number of benzene rings is 1. The standard InChI is InChI=1S/C26H29N3O3S/c1-25(2,3)24-28-22-19(30)13-26(14-21(22)33-24)8-10-29(11-9-26)23(31)16-12-17-18(27-15-16)6-5-7-20(17)32-4/h5-7,12,15H,8-11,13-14H2,1-4H3. The molecule has 3 aromatic rings. The molecule has 33 heavy (non-hydrogen) atoms. The van der Waals surface area contributed by atoms with Gasteiger partial charge in [0.15, 0.2) is 5.78 Å². The Bertz CT molecular complexity index is 1250. The van der Waals surface area contributed by atoms with Gasteiger partial charge in [-0.05, 0) is 42.9 Å². The molecule has 1 fully saturated rings. The monoisotopic (exact) mass is 463 g/mol. The number of carbonyl (C=O) groups excluding carboxylic acids is 2. The van der Waals surface area contributed by atoms with E-state index in [0.717, 1.165) is 40.1 Å². The van der Waals surface area contributed by atoms with E-state index in [1.807, 2.05) is 29.2 Å². The lowest BCUT2D eigenvalue weighted by atomic mass is 9.68. The van der Waals surface area contributed by atoms with Crippen molar-refractivity contribution in [1.29, 1.82) is 0 Å². The summed E-state index contributed by atoms with van der Waals surface area (Å²) in [7, 11) is 1.62. The van der Waals surface area contributed by atoms with Crippen molar-refractivity contribution in [3.8, 4) is 5.75 Å². The second-order valence-corrected chi connectivity index (χ2v) is 11.4. The van der Waals surface area contributed by atoms with Crippen molar-refractivity contribution in [3.05, 3.63) is 51.6 Å². The zero-order valence-corrected chi connectivity index (χ0v) is 20.4. The fourth-order valence-corrected chi connectivity index (χ4v) is 6.29. The Morgan fingerprint density at radius 2 is 1.94 bits per heavy atom. The van der Waals surface area contributed by atoms with Crippen molar-refractivity contribution in [2.45, 2.75) is 51.9 Å². The van der Waals surface area contributed by atoms with E-state index in [0.29, 0.717) is 36.5 Å². The van der Waals surface area contributed by atoms with Crippen LogP contribution in [0, 0.1) is 5.41 Å². The SMILES string of the molecule is COc1cccc2ncc(C(=O)N3CCC4(CC3)CC(=O)c3nc(C(C)(C)C)sc3C4)cc12. The summed E-state index contributed by atoms with van der Waals surface area (Å²) in [5, 5.41) is 1.87. The Morgan fingerprint density at radius 1 is 1.18 bits per heavy atom. The predicted octanol–water partition coefficient (Wildman–Crippen LogP) is 5.05. The van der Waals surface area contributed by atoms with Crippen LogP contribution in [0.15, 0.2) is 30.5 Å². The van der Waals surface area contributed by atoms with Crippen molar-refractivity contribution in [2.75, 3.05) is 20.2 Å². The molecule has 2 aromatic heterocycles. The Hall–Kier alpha value is -2.80. The minimum Gasteiger partial charge on any atom is -0.496 e. The van der Waals surface area contributed by atoms with E-state index in [1.54, 1.807) is 24.6 Å². The van der Waals surface area contributed by atoms with Crippen LogP contribution in [-0.4, -0.2) is 46.8 Å². The molecule has 1 aliphatic carbocycles. The van der Waals surface area contributed by atoms with E-state index in [4.69, 9.17) is 9.72 Å². The van der Waals surface area contributed by atoms with Crippen LogP contribution in [0.25, 0.3) is 10.9 Å². The maximum absolute atomic E-state index is 13.3. The number of ether oxygens (including phenoxy) is 1. The molecular formula is C26H29N3O3S. The van der Waals surface area contributed by atoms with Crippen molar-refractivity contribution in [3.63, 3.8) is 0 Å². The molecule has 0 unspecified atom stereocenters. The molecule has 1 aliphatic heterocycles. The Kier molecular flexibility index (Phi) is 5.27. The summed E-state index contributed by atoms with van der Waals surface area (Å²) in [5.74, 6) is 0.859. The number of amides is 1. The Morgan fingerprint density at radius 3 is 2.64 bits per heavy atom. The van der Waals surface area contributed by atoms with Gasteiger partial charge in [0.2, 0.25) is 0 Å². The van der Waals surface area contributed by atoms with Crippen LogP contribution < -0.4 is 4.74 Å². The largest absolute Gasteiger partial charge is 0.496 e. The van der Waals surface area contributed by atoms with Crippen molar-refractivity contribution >= 4 is 33.9 Å². The number of methoxy groups -OCH3 is 1. The van der Waals surface area contributed by atoms with Gasteiger partial charge in [-0.3, -0.25) is 14.6 Å². The normalized spacial score (nSPS) is 17.9. The number of likely N-dealkylation sites (tertiary alicyclic amines) is 1. The Labute approximate surface area is 198 Å². The summed E-state index contributed by atoms with van der Waals surface area (Å²) in [4.78, 5) is 38.4. The van der Waals surface area contributed by atoms with E-state index in [-0.39, 0.29) is 22.5 Å². The number of ketones is 1. The third-order valence-electron chi connectivity index (χ3n) is 6.94. The van der Waals surface area contributed by atoms with E-state index >= 15 is 0 Å². The number of carbonyl (C=O) groups is 2. The molecule has 0 radical (unpaired) electrons. The van der Waals surface area contributed by atoms with Gasteiger partial charge in [-0.25, -0.2) is 4.98 Å². The number of hydrogen-bond acceptors (Lipinski definition) is 6. The third kappa shape index (κ3) is 3.92. The molecule has 0 bridgehead atoms. The molecule has 172 valence electrons. The number of rotatable bonds is 2. The van der Waals surface area contributed by atoms with Gasteiger partial charge in [-0.1, -0.05) is 26.8 Å². The fourth-order valence-electron chi connectivity index (χ4n) is 4.97. The molecule has 2 aliphatic rings. The Balaban J connectivity index is 1.33. The van der Waals surface area contributed by atoms with E-state index in [9.17, 15) is 9.59 Å². The molecule has 7 heteroatoms. The van der Waals surface area contributed by atoms with Gasteiger partial charge < -0.3 is 9.64 Å². The number of nitrogens with zero attached hydrogens (tertiary/aromatic N) is 3. The van der Waals surface area contributed by atoms with Crippen LogP contribution in [0.2, 0.25) is 0 Å². The lowest BCUT2D eigenvalue weighted by Gasteiger charge is -2.43. The first-order valence-corrected chi connectivity index (χ1v) is 12.3. The summed E-state index contributed by atoms with van der Waals surface area (Å²) in [5.41, 5.74) is 1.95. The molecule has 1 amide bonds. The van der Waals surface area contributed by atoms with Gasteiger partial charge in [0.25, 0.3) is 5.91 Å². The minimum atomic E-state index is -0.0621. The van der Waals surface area contributed by atoms with Gasteiger partial charge in [-0.15, -0.1) is 11.3 Å². The van der Waals surface area contributed by atoms with Crippen LogP contribution in [0.3, 0.4) is 0 Å². The summed E-state index contributed by atoms with van der Waals surface area (Å²) in [6, 6.07) is 7.55. The third-order valence-corrected chi connectivity index (χ3v) is 8.42. The predicted molar refractivity (Wildman–Crippen MR) is 129 cm³/mol. The highest BCUT2D eigenvalue weighted by atomic mass is 32.1. The lowest BCUT2D eigenvalue weighted by Crippen LogP contribution is -2.46. The van der Waals surface area contributed by atoms with Crippen molar-refractivity contribution < 1.29 is 14.3 Å². The highest BCUT2D eigenvalue weighted by Crippen LogP contribution is 2.46. The lowest BCUT2D eigenvalue weighted by molar-refractivity contribution is 0.0522. The number of thiazole rings is 1. The summed E-state index contributed by atoms with van der Waals surface area (Å²) in [6.45, 7) is 7.71. The highest BCUT2D eigenvalue weighted by molar-refractivity contribution is 7.12. The first-order chi connectivity index (χ1) is 15.7. The number of fused-ring (bicyclic) bond motifs is 2. The second kappa shape index (κ2) is 7.90. The maximum Gasteiger partial charge on any atom is 0.255 e. The molecule has 1 saturated heterocycles. The first kappa shape index (κ1) is 22.0. The average Bonchev–Trinajstić information content (AvgIpc) is 3.23. The van der Waals surface area contributed by atoms with Gasteiger partial charge in [0.1, 0.15) is 11.4 Å². The number of pyridine rings is 1. The molecule has 0 atom stereocenters. The number of piperidine rings is 1. The number of aromatic nitrogens is 2. The van der Waals surface area contributed by atoms with Crippen molar-refractivity contribution in [1.82, 2.24) is 14.9 Å². The molecule has 0 saturated carbocycles. The smallest absolute Gasteiger partial charge is 0.255 e. The van der Waals surface area contributed by atoms with Crippen LogP contribution in [0.1, 0.15) is 70.8 Å². The van der Waals surface area contributed by atoms with Gasteiger partial charge in [0.05, 0.1) is 23.2 Å². The van der Waals surface area contributed by atoms with Crippen LogP contribution >= 0.6 is 11.3 Å². The molecule has 1 spiro atoms. The second-order valence-electron chi connectivity index (χ2n) is 10.4. The zero-order valence-electron chi connectivity index (χ0n) is 19.6. The van der Waals surface area contributed by atoms with Gasteiger partial charge in [0, 0.05) is 41.4 Å². The molecule has 1 aromatic carbocycles. The van der Waals surface area contributed by atoms with Gasteiger partial charge in [-0.2, -0.15) is 0 Å². The fraction of sp³-hybridized carbons (Fsp3) is 0.462. The zero-order chi connectivity index (χ0) is 23.4. The molecule has 3 heterocycles. The molecule has 6 nitrogen and oxygen atoms in total. The van der Waals surface area contributed by atoms with E-state index in [1.165, 1.54) is 0 Å². The summed E-state index contributed by atoms with van der Waals surface area (Å²) in [6.07, 6.45) is 4.73. The quantitative estimate of drug-likeness (QED) is 0.532. The van der Waals surface area contributed by atoms with Gasteiger partial charge >= 0.3 is 0 Å². The molecule has 0 N–H and O–H groups in total. The topological polar surface area (TPSA) is 72.4 Å². The van der Waals surface area contributed by atoms with Crippen LogP contribution in [0.4, 0.5) is 0 Å².